The number of rotatable bonds is 9. The lowest BCUT2D eigenvalue weighted by molar-refractivity contribution is -0.121. The van der Waals surface area contributed by atoms with Crippen molar-refractivity contribution in [2.24, 2.45) is 0 Å². The van der Waals surface area contributed by atoms with Crippen LogP contribution in [0, 0.1) is 13.8 Å². The maximum absolute atomic E-state index is 12.6. The van der Waals surface area contributed by atoms with Gasteiger partial charge in [-0.05, 0) is 61.7 Å². The van der Waals surface area contributed by atoms with Gasteiger partial charge in [-0.2, -0.15) is 11.8 Å². The Hall–Kier alpha value is -1.70. The molecule has 0 heterocycles. The third-order valence-electron chi connectivity index (χ3n) is 4.25. The molecule has 0 aliphatic rings. The van der Waals surface area contributed by atoms with E-state index in [-0.39, 0.29) is 5.91 Å². The second-order valence-electron chi connectivity index (χ2n) is 7.05. The smallest absolute Gasteiger partial charge is 0.243 e. The summed E-state index contributed by atoms with van der Waals surface area (Å²) in [5.41, 5.74) is 3.51. The van der Waals surface area contributed by atoms with Crippen LogP contribution in [-0.2, 0) is 20.6 Å². The third kappa shape index (κ3) is 7.24. The summed E-state index contributed by atoms with van der Waals surface area (Å²) in [7, 11) is -3.62. The van der Waals surface area contributed by atoms with Gasteiger partial charge in [-0.3, -0.25) is 9.10 Å². The number of aryl methyl sites for hydroxylation is 2. The van der Waals surface area contributed by atoms with Gasteiger partial charge in [-0.15, -0.1) is 0 Å². The van der Waals surface area contributed by atoms with Crippen LogP contribution in [0.3, 0.4) is 0 Å². The number of nitrogens with zero attached hydrogens (tertiary/aromatic N) is 1. The van der Waals surface area contributed by atoms with Gasteiger partial charge >= 0.3 is 0 Å². The van der Waals surface area contributed by atoms with E-state index in [1.165, 1.54) is 4.31 Å². The fraction of sp³-hybridized carbons (Fsp3) is 0.381. The molecule has 2 rings (SSSR count). The lowest BCUT2D eigenvalue weighted by Crippen LogP contribution is -2.48. The van der Waals surface area contributed by atoms with Gasteiger partial charge < -0.3 is 5.32 Å². The summed E-state index contributed by atoms with van der Waals surface area (Å²) in [4.78, 5) is 12.6. The molecule has 0 aliphatic heterocycles. The Labute approximate surface area is 182 Å². The molecule has 5 nitrogen and oxygen atoms in total. The Morgan fingerprint density at radius 2 is 1.83 bits per heavy atom. The second-order valence-corrected chi connectivity index (χ2v) is 10.5. The molecule has 2 aromatic carbocycles. The first kappa shape index (κ1) is 23.6. The Balaban J connectivity index is 1.95. The van der Waals surface area contributed by atoms with Crippen LogP contribution in [0.15, 0.2) is 42.5 Å². The zero-order valence-electron chi connectivity index (χ0n) is 17.1. The van der Waals surface area contributed by atoms with E-state index in [0.29, 0.717) is 23.0 Å². The first-order valence-electron chi connectivity index (χ1n) is 9.25. The quantitative estimate of drug-likeness (QED) is 0.577. The van der Waals surface area contributed by atoms with Gasteiger partial charge in [0.05, 0.1) is 11.9 Å². The zero-order valence-corrected chi connectivity index (χ0v) is 19.5. The van der Waals surface area contributed by atoms with Crippen LogP contribution in [0.1, 0.15) is 23.6 Å². The van der Waals surface area contributed by atoms with Crippen molar-refractivity contribution < 1.29 is 13.2 Å². The van der Waals surface area contributed by atoms with E-state index in [9.17, 15) is 13.2 Å². The standard InChI is InChI=1S/C21H27ClN2O3S2/c1-15-10-16(2)12-20(11-15)24(29(4,26)27)17(3)21(25)23-8-9-28-14-18-6-5-7-19(22)13-18/h5-7,10-13,17H,8-9,14H2,1-4H3,(H,23,25)/t17-/m1/s1. The van der Waals surface area contributed by atoms with Crippen LogP contribution in [0.4, 0.5) is 5.69 Å². The van der Waals surface area contributed by atoms with Crippen LogP contribution in [0.2, 0.25) is 5.02 Å². The van der Waals surface area contributed by atoms with Crippen LogP contribution in [-0.4, -0.2) is 38.9 Å². The molecule has 0 aromatic heterocycles. The minimum Gasteiger partial charge on any atom is -0.353 e. The number of carbonyl (C=O) groups excluding carboxylic acids is 1. The molecular weight excluding hydrogens is 428 g/mol. The van der Waals surface area contributed by atoms with Crippen LogP contribution >= 0.6 is 23.4 Å². The summed E-state index contributed by atoms with van der Waals surface area (Å²) >= 11 is 7.66. The molecule has 1 amide bonds. The number of hydrogen-bond donors (Lipinski definition) is 1. The summed E-state index contributed by atoms with van der Waals surface area (Å²) in [6.45, 7) is 5.86. The predicted molar refractivity (Wildman–Crippen MR) is 123 cm³/mol. The predicted octanol–water partition coefficient (Wildman–Crippen LogP) is 4.16. The van der Waals surface area contributed by atoms with Crippen molar-refractivity contribution in [2.75, 3.05) is 22.9 Å². The van der Waals surface area contributed by atoms with Crippen LogP contribution < -0.4 is 9.62 Å². The molecule has 0 saturated carbocycles. The van der Waals surface area contributed by atoms with Crippen molar-refractivity contribution in [3.63, 3.8) is 0 Å². The van der Waals surface area contributed by atoms with Gasteiger partial charge in [0, 0.05) is 23.1 Å². The highest BCUT2D eigenvalue weighted by Crippen LogP contribution is 2.24. The molecule has 0 saturated heterocycles. The molecule has 1 atom stereocenters. The topological polar surface area (TPSA) is 66.5 Å². The first-order valence-corrected chi connectivity index (χ1v) is 12.6. The van der Waals surface area contributed by atoms with Crippen molar-refractivity contribution >= 4 is 45.0 Å². The lowest BCUT2D eigenvalue weighted by atomic mass is 10.1. The van der Waals surface area contributed by atoms with Crippen molar-refractivity contribution in [3.8, 4) is 0 Å². The number of nitrogens with one attached hydrogen (secondary N) is 1. The number of sulfonamides is 1. The lowest BCUT2D eigenvalue weighted by Gasteiger charge is -2.28. The first-order chi connectivity index (χ1) is 13.6. The van der Waals surface area contributed by atoms with Gasteiger partial charge in [-0.25, -0.2) is 8.42 Å². The second kappa shape index (κ2) is 10.4. The van der Waals surface area contributed by atoms with E-state index in [4.69, 9.17) is 11.6 Å². The number of anilines is 1. The summed E-state index contributed by atoms with van der Waals surface area (Å²) in [6.07, 6.45) is 1.12. The molecule has 8 heteroatoms. The molecule has 1 N–H and O–H groups in total. The highest BCUT2D eigenvalue weighted by molar-refractivity contribution is 7.98. The van der Waals surface area contributed by atoms with E-state index >= 15 is 0 Å². The molecule has 0 bridgehead atoms. The molecular formula is C21H27ClN2O3S2. The van der Waals surface area contributed by atoms with Gasteiger partial charge in [0.1, 0.15) is 6.04 Å². The van der Waals surface area contributed by atoms with Crippen molar-refractivity contribution in [1.29, 1.82) is 0 Å². The van der Waals surface area contributed by atoms with Crippen LogP contribution in [0.25, 0.3) is 0 Å². The van der Waals surface area contributed by atoms with Gasteiger partial charge in [-0.1, -0.05) is 29.8 Å². The number of thioether (sulfide) groups is 1. The summed E-state index contributed by atoms with van der Waals surface area (Å²) < 4.78 is 26.0. The molecule has 0 aliphatic carbocycles. The molecule has 0 spiro atoms. The van der Waals surface area contributed by atoms with Gasteiger partial charge in [0.2, 0.25) is 15.9 Å². The maximum Gasteiger partial charge on any atom is 0.243 e. The Kier molecular flexibility index (Phi) is 8.43. The zero-order chi connectivity index (χ0) is 21.6. The average Bonchev–Trinajstić information content (AvgIpc) is 2.59. The van der Waals surface area contributed by atoms with Gasteiger partial charge in [0.15, 0.2) is 0 Å². The number of benzene rings is 2. The fourth-order valence-electron chi connectivity index (χ4n) is 3.10. The molecule has 0 unspecified atom stereocenters. The normalized spacial score (nSPS) is 12.4. The van der Waals surface area contributed by atoms with Gasteiger partial charge in [0.25, 0.3) is 0 Å². The maximum atomic E-state index is 12.6. The van der Waals surface area contributed by atoms with Crippen molar-refractivity contribution in [2.45, 2.75) is 32.6 Å². The van der Waals surface area contributed by atoms with E-state index in [0.717, 1.165) is 28.7 Å². The number of hydrogen-bond acceptors (Lipinski definition) is 4. The summed E-state index contributed by atoms with van der Waals surface area (Å²) in [5.74, 6) is 1.19. The molecule has 2 aromatic rings. The molecule has 158 valence electrons. The monoisotopic (exact) mass is 454 g/mol. The van der Waals surface area contributed by atoms with E-state index < -0.39 is 16.1 Å². The molecule has 0 radical (unpaired) electrons. The molecule has 29 heavy (non-hydrogen) atoms. The minimum atomic E-state index is -3.62. The van der Waals surface area contributed by atoms with Crippen LogP contribution in [0.5, 0.6) is 0 Å². The van der Waals surface area contributed by atoms with Crippen molar-refractivity contribution in [3.05, 3.63) is 64.2 Å². The van der Waals surface area contributed by atoms with Crippen molar-refractivity contribution in [1.82, 2.24) is 5.32 Å². The Morgan fingerprint density at radius 3 is 2.41 bits per heavy atom. The Bertz CT molecular complexity index is 944. The highest BCUT2D eigenvalue weighted by Gasteiger charge is 2.29. The Morgan fingerprint density at radius 1 is 1.17 bits per heavy atom. The minimum absolute atomic E-state index is 0.321. The van der Waals surface area contributed by atoms with E-state index in [2.05, 4.69) is 5.32 Å². The SMILES string of the molecule is Cc1cc(C)cc(N([C@H](C)C(=O)NCCSCc2cccc(Cl)c2)S(C)(=O)=O)c1. The fourth-order valence-corrected chi connectivity index (χ4v) is 5.27. The summed E-state index contributed by atoms with van der Waals surface area (Å²) in [6, 6.07) is 12.3. The summed E-state index contributed by atoms with van der Waals surface area (Å²) in [5, 5.41) is 3.55. The number of carbonyl (C=O) groups is 1. The van der Waals surface area contributed by atoms with E-state index in [1.54, 1.807) is 30.8 Å². The number of amides is 1. The highest BCUT2D eigenvalue weighted by atomic mass is 35.5. The molecule has 0 fully saturated rings. The van der Waals surface area contributed by atoms with E-state index in [1.807, 2.05) is 44.2 Å². The largest absolute Gasteiger partial charge is 0.353 e. The number of halogens is 1. The average molecular weight is 455 g/mol. The third-order valence-corrected chi connectivity index (χ3v) is 6.76.